The molecular weight excluding hydrogens is 516 g/mol. The van der Waals surface area contributed by atoms with Crippen LogP contribution in [0.5, 0.6) is 0 Å². The maximum Gasteiger partial charge on any atom is 0.187 e. The molecule has 0 spiro atoms. The highest BCUT2D eigenvalue weighted by Crippen LogP contribution is 2.63. The van der Waals surface area contributed by atoms with Gasteiger partial charge in [-0.25, -0.2) is 0 Å². The van der Waals surface area contributed by atoms with Gasteiger partial charge in [-0.15, -0.1) is 0 Å². The van der Waals surface area contributed by atoms with Crippen molar-refractivity contribution in [1.29, 1.82) is 0 Å². The number of aldehydes is 1. The number of aliphatic hydroxyl groups is 6. The Balaban J connectivity index is 1.27. The minimum Gasteiger partial charge on any atom is -0.394 e. The Kier molecular flexibility index (Phi) is 9.25. The first kappa shape index (κ1) is 30.3. The number of ether oxygens (including phenoxy) is 2. The fourth-order valence-corrected chi connectivity index (χ4v) is 9.09. The van der Waals surface area contributed by atoms with E-state index in [1.165, 1.54) is 0 Å². The number of carbonyl (C=O) groups excluding carboxylic acids is 1. The van der Waals surface area contributed by atoms with Gasteiger partial charge in [-0.3, -0.25) is 0 Å². The molecule has 40 heavy (non-hydrogen) atoms. The molecule has 0 radical (unpaired) electrons. The Bertz CT molecular complexity index is 960. The predicted octanol–water partition coefficient (Wildman–Crippen LogP) is 1.62. The highest BCUT2D eigenvalue weighted by atomic mass is 16.7. The lowest BCUT2D eigenvalue weighted by molar-refractivity contribution is -0.308. The normalized spacial score (nSPS) is 47.4. The minimum atomic E-state index is -1.48. The molecule has 0 aromatic carbocycles. The lowest BCUT2D eigenvalue weighted by atomic mass is 9.47. The summed E-state index contributed by atoms with van der Waals surface area (Å²) in [6, 6.07) is 0. The standard InChI is InChI=1S/C31H48O9/c1-16(2)11-20(39-30-29(38)28(37)27(36)25(14-32)40-30)6-3-17-4-7-22-21(17)9-10-31(15-33)23-8-5-19(34)12-18(23)13-24(35)26(22)31/h11,13,15,17,19-30,32,34-38H,3-10,12,14H2,1-2H3. The molecule has 14 unspecified atom stereocenters. The van der Waals surface area contributed by atoms with Crippen molar-refractivity contribution in [2.75, 3.05) is 6.61 Å². The highest BCUT2D eigenvalue weighted by Gasteiger charge is 2.60. The van der Waals surface area contributed by atoms with E-state index in [9.17, 15) is 35.4 Å². The van der Waals surface area contributed by atoms with Crippen LogP contribution in [0.2, 0.25) is 0 Å². The topological polar surface area (TPSA) is 157 Å². The molecule has 4 aliphatic carbocycles. The van der Waals surface area contributed by atoms with Crippen LogP contribution in [0.3, 0.4) is 0 Å². The van der Waals surface area contributed by atoms with Crippen LogP contribution < -0.4 is 0 Å². The van der Waals surface area contributed by atoms with Crippen LogP contribution in [0.1, 0.15) is 71.6 Å². The van der Waals surface area contributed by atoms with Gasteiger partial charge in [0.2, 0.25) is 0 Å². The number of fused-ring (bicyclic) bond motifs is 5. The molecule has 9 nitrogen and oxygen atoms in total. The van der Waals surface area contributed by atoms with Crippen molar-refractivity contribution < 1.29 is 44.9 Å². The largest absolute Gasteiger partial charge is 0.394 e. The molecule has 5 aliphatic rings. The van der Waals surface area contributed by atoms with Crippen molar-refractivity contribution in [3.05, 3.63) is 23.3 Å². The first-order valence-electron chi connectivity index (χ1n) is 15.2. The summed E-state index contributed by atoms with van der Waals surface area (Å²) >= 11 is 0. The Labute approximate surface area is 236 Å². The molecule has 9 heteroatoms. The predicted molar refractivity (Wildman–Crippen MR) is 146 cm³/mol. The second kappa shape index (κ2) is 12.2. The van der Waals surface area contributed by atoms with Gasteiger partial charge in [-0.2, -0.15) is 0 Å². The van der Waals surface area contributed by atoms with Crippen LogP contribution in [0.4, 0.5) is 0 Å². The van der Waals surface area contributed by atoms with Gasteiger partial charge in [-0.05, 0) is 95.3 Å². The zero-order valence-corrected chi connectivity index (χ0v) is 23.7. The lowest BCUT2D eigenvalue weighted by Crippen LogP contribution is -2.59. The molecule has 1 saturated heterocycles. The molecule has 4 fully saturated rings. The average Bonchev–Trinajstić information content (AvgIpc) is 3.33. The molecule has 226 valence electrons. The van der Waals surface area contributed by atoms with Gasteiger partial charge in [0.1, 0.15) is 30.7 Å². The van der Waals surface area contributed by atoms with Crippen molar-refractivity contribution in [3.8, 4) is 0 Å². The third kappa shape index (κ3) is 5.49. The molecule has 0 aromatic heterocycles. The molecule has 0 bridgehead atoms. The lowest BCUT2D eigenvalue weighted by Gasteiger charge is -2.56. The van der Waals surface area contributed by atoms with E-state index >= 15 is 0 Å². The smallest absolute Gasteiger partial charge is 0.187 e. The molecule has 0 aromatic rings. The number of rotatable bonds is 8. The van der Waals surface area contributed by atoms with Gasteiger partial charge in [-0.1, -0.05) is 23.3 Å². The first-order valence-corrected chi connectivity index (χ1v) is 15.2. The number of allylic oxidation sites excluding steroid dienone is 1. The average molecular weight is 565 g/mol. The third-order valence-corrected chi connectivity index (χ3v) is 10.8. The highest BCUT2D eigenvalue weighted by molar-refractivity contribution is 5.64. The molecule has 6 N–H and O–H groups in total. The zero-order chi connectivity index (χ0) is 28.8. The third-order valence-electron chi connectivity index (χ3n) is 10.8. The van der Waals surface area contributed by atoms with Gasteiger partial charge in [0.05, 0.1) is 24.9 Å². The van der Waals surface area contributed by atoms with Crippen LogP contribution in [0, 0.1) is 35.0 Å². The number of hydrogen-bond acceptors (Lipinski definition) is 9. The van der Waals surface area contributed by atoms with Crippen molar-refractivity contribution in [2.45, 2.75) is 121 Å². The Morgan fingerprint density at radius 1 is 1.05 bits per heavy atom. The molecule has 5 rings (SSSR count). The van der Waals surface area contributed by atoms with Crippen LogP contribution in [0.25, 0.3) is 0 Å². The van der Waals surface area contributed by atoms with E-state index in [0.717, 1.165) is 56.0 Å². The molecular formula is C31H48O9. The van der Waals surface area contributed by atoms with Gasteiger partial charge in [0.15, 0.2) is 6.29 Å². The summed E-state index contributed by atoms with van der Waals surface area (Å²) in [6.07, 6.45) is 4.42. The molecule has 3 saturated carbocycles. The number of carbonyl (C=O) groups is 1. The fourth-order valence-electron chi connectivity index (χ4n) is 9.09. The monoisotopic (exact) mass is 564 g/mol. The van der Waals surface area contributed by atoms with Crippen LogP contribution in [-0.2, 0) is 14.3 Å². The summed E-state index contributed by atoms with van der Waals surface area (Å²) in [5, 5.41) is 61.9. The van der Waals surface area contributed by atoms with Crippen molar-refractivity contribution >= 4 is 6.29 Å². The van der Waals surface area contributed by atoms with Crippen LogP contribution in [0.15, 0.2) is 23.3 Å². The van der Waals surface area contributed by atoms with Gasteiger partial charge < -0.3 is 44.9 Å². The van der Waals surface area contributed by atoms with E-state index in [2.05, 4.69) is 0 Å². The zero-order valence-electron chi connectivity index (χ0n) is 23.7. The van der Waals surface area contributed by atoms with E-state index in [1.54, 1.807) is 0 Å². The summed E-state index contributed by atoms with van der Waals surface area (Å²) in [6.45, 7) is 3.43. The van der Waals surface area contributed by atoms with Gasteiger partial charge in [0.25, 0.3) is 0 Å². The van der Waals surface area contributed by atoms with Crippen LogP contribution in [-0.4, -0.2) is 92.5 Å². The number of aliphatic hydroxyl groups excluding tert-OH is 6. The Morgan fingerprint density at radius 2 is 1.82 bits per heavy atom. The van der Waals surface area contributed by atoms with Crippen molar-refractivity contribution in [3.63, 3.8) is 0 Å². The molecule has 1 heterocycles. The molecule has 14 atom stereocenters. The van der Waals surface area contributed by atoms with Crippen molar-refractivity contribution in [2.24, 2.45) is 35.0 Å². The molecule has 0 amide bonds. The minimum absolute atomic E-state index is 0.0864. The SMILES string of the molecule is CC(C)=CC(CCC1CCC2C1CCC1(C=O)C3CCC(O)CC3=CC(O)C21)OC1OC(CO)C(O)C(O)C1O. The van der Waals surface area contributed by atoms with E-state index < -0.39 is 48.8 Å². The van der Waals surface area contributed by atoms with E-state index in [-0.39, 0.29) is 30.0 Å². The molecule has 1 aliphatic heterocycles. The van der Waals surface area contributed by atoms with E-state index in [0.29, 0.717) is 31.1 Å². The first-order chi connectivity index (χ1) is 19.1. The van der Waals surface area contributed by atoms with Gasteiger partial charge >= 0.3 is 0 Å². The fraction of sp³-hybridized carbons (Fsp3) is 0.839. The number of hydrogen-bond donors (Lipinski definition) is 6. The van der Waals surface area contributed by atoms with E-state index in [1.807, 2.05) is 26.0 Å². The van der Waals surface area contributed by atoms with E-state index in [4.69, 9.17) is 9.47 Å². The Morgan fingerprint density at radius 3 is 2.52 bits per heavy atom. The summed E-state index contributed by atoms with van der Waals surface area (Å²) in [7, 11) is 0. The second-order valence-electron chi connectivity index (χ2n) is 13.4. The summed E-state index contributed by atoms with van der Waals surface area (Å²) in [4.78, 5) is 12.8. The van der Waals surface area contributed by atoms with Crippen molar-refractivity contribution in [1.82, 2.24) is 0 Å². The second-order valence-corrected chi connectivity index (χ2v) is 13.4. The Hall–Kier alpha value is -1.17. The maximum absolute atomic E-state index is 12.8. The summed E-state index contributed by atoms with van der Waals surface area (Å²) in [5.74, 6) is 1.15. The summed E-state index contributed by atoms with van der Waals surface area (Å²) in [5.41, 5.74) is 1.56. The van der Waals surface area contributed by atoms with Gasteiger partial charge in [0, 0.05) is 11.3 Å². The quantitative estimate of drug-likeness (QED) is 0.190. The maximum atomic E-state index is 12.8. The van der Waals surface area contributed by atoms with Crippen LogP contribution >= 0.6 is 0 Å². The summed E-state index contributed by atoms with van der Waals surface area (Å²) < 4.78 is 11.7.